The Bertz CT molecular complexity index is 425. The molecule has 1 aromatic rings. The lowest BCUT2D eigenvalue weighted by molar-refractivity contribution is 0.210. The van der Waals surface area contributed by atoms with Crippen molar-refractivity contribution in [1.29, 1.82) is 0 Å². The maximum absolute atomic E-state index is 8.69. The number of oxime groups is 1. The van der Waals surface area contributed by atoms with E-state index in [2.05, 4.69) is 5.16 Å². The van der Waals surface area contributed by atoms with Gasteiger partial charge in [0, 0.05) is 5.56 Å². The van der Waals surface area contributed by atoms with Gasteiger partial charge in [-0.2, -0.15) is 0 Å². The lowest BCUT2D eigenvalue weighted by Crippen LogP contribution is -2.11. The highest BCUT2D eigenvalue weighted by molar-refractivity contribution is 6.32. The molecule has 0 saturated heterocycles. The third-order valence-corrected chi connectivity index (χ3v) is 3.39. The Morgan fingerprint density at radius 3 is 2.71 bits per heavy atom. The van der Waals surface area contributed by atoms with E-state index in [1.807, 2.05) is 12.1 Å². The van der Waals surface area contributed by atoms with Crippen molar-refractivity contribution >= 4 is 17.3 Å². The Morgan fingerprint density at radius 2 is 2.12 bits per heavy atom. The van der Waals surface area contributed by atoms with Crippen LogP contribution in [0.25, 0.3) is 0 Å². The monoisotopic (exact) mass is 253 g/mol. The van der Waals surface area contributed by atoms with Crippen LogP contribution in [0.1, 0.15) is 38.2 Å². The quantitative estimate of drug-likeness (QED) is 0.505. The molecule has 1 saturated carbocycles. The molecular formula is C13H16ClNO2. The van der Waals surface area contributed by atoms with E-state index in [1.54, 1.807) is 13.0 Å². The number of nitrogens with zero attached hydrogens (tertiary/aromatic N) is 1. The number of benzene rings is 1. The zero-order valence-corrected chi connectivity index (χ0v) is 10.6. The molecule has 3 nitrogen and oxygen atoms in total. The average molecular weight is 254 g/mol. The average Bonchev–Trinajstić information content (AvgIpc) is 2.83. The SMILES string of the molecule is C/C(=N\O)c1ccc(OC2CCCC2)c(Cl)c1. The first-order valence-corrected chi connectivity index (χ1v) is 6.23. The van der Waals surface area contributed by atoms with Gasteiger partial charge in [0.1, 0.15) is 5.75 Å². The number of hydrogen-bond acceptors (Lipinski definition) is 3. The molecule has 17 heavy (non-hydrogen) atoms. The molecule has 0 heterocycles. The van der Waals surface area contributed by atoms with Gasteiger partial charge in [-0.3, -0.25) is 0 Å². The predicted molar refractivity (Wildman–Crippen MR) is 68.3 cm³/mol. The first-order valence-electron chi connectivity index (χ1n) is 5.86. The summed E-state index contributed by atoms with van der Waals surface area (Å²) in [5, 5.41) is 12.4. The fourth-order valence-corrected chi connectivity index (χ4v) is 2.29. The number of rotatable bonds is 3. The molecule has 4 heteroatoms. The van der Waals surface area contributed by atoms with Crippen molar-refractivity contribution in [2.45, 2.75) is 38.7 Å². The van der Waals surface area contributed by atoms with Gasteiger partial charge in [0.05, 0.1) is 16.8 Å². The summed E-state index contributed by atoms with van der Waals surface area (Å²) >= 11 is 6.15. The third-order valence-electron chi connectivity index (χ3n) is 3.10. The predicted octanol–water partition coefficient (Wildman–Crippen LogP) is 3.86. The summed E-state index contributed by atoms with van der Waals surface area (Å²) in [6.45, 7) is 1.73. The topological polar surface area (TPSA) is 41.8 Å². The van der Waals surface area contributed by atoms with Crippen molar-refractivity contribution in [2.24, 2.45) is 5.16 Å². The summed E-state index contributed by atoms with van der Waals surface area (Å²) in [5.41, 5.74) is 1.34. The van der Waals surface area contributed by atoms with E-state index < -0.39 is 0 Å². The van der Waals surface area contributed by atoms with E-state index in [4.69, 9.17) is 21.5 Å². The third kappa shape index (κ3) is 2.91. The van der Waals surface area contributed by atoms with Crippen LogP contribution in [0, 0.1) is 0 Å². The molecule has 1 aromatic carbocycles. The Kier molecular flexibility index (Phi) is 3.89. The van der Waals surface area contributed by atoms with E-state index in [9.17, 15) is 0 Å². The van der Waals surface area contributed by atoms with Gasteiger partial charge in [0.25, 0.3) is 0 Å². The second-order valence-electron chi connectivity index (χ2n) is 4.35. The van der Waals surface area contributed by atoms with Crippen molar-refractivity contribution in [3.05, 3.63) is 28.8 Å². The molecular weight excluding hydrogens is 238 g/mol. The van der Waals surface area contributed by atoms with Crippen LogP contribution in [-0.4, -0.2) is 17.0 Å². The molecule has 0 bridgehead atoms. The van der Waals surface area contributed by atoms with Gasteiger partial charge in [0.2, 0.25) is 0 Å². The molecule has 2 rings (SSSR count). The van der Waals surface area contributed by atoms with Crippen LogP contribution in [0.15, 0.2) is 23.4 Å². The number of ether oxygens (including phenoxy) is 1. The van der Waals surface area contributed by atoms with Gasteiger partial charge in [-0.1, -0.05) is 16.8 Å². The van der Waals surface area contributed by atoms with Crippen molar-refractivity contribution in [2.75, 3.05) is 0 Å². The summed E-state index contributed by atoms with van der Waals surface area (Å²) in [4.78, 5) is 0. The number of halogens is 1. The summed E-state index contributed by atoms with van der Waals surface area (Å²) in [6, 6.07) is 5.46. The van der Waals surface area contributed by atoms with Crippen molar-refractivity contribution < 1.29 is 9.94 Å². The lowest BCUT2D eigenvalue weighted by atomic mass is 10.1. The molecule has 0 amide bonds. The summed E-state index contributed by atoms with van der Waals surface area (Å²) in [5.74, 6) is 0.716. The zero-order chi connectivity index (χ0) is 12.3. The minimum Gasteiger partial charge on any atom is -0.489 e. The highest BCUT2D eigenvalue weighted by Gasteiger charge is 2.17. The first kappa shape index (κ1) is 12.2. The van der Waals surface area contributed by atoms with Crippen LogP contribution in [0.4, 0.5) is 0 Å². The van der Waals surface area contributed by atoms with Crippen LogP contribution >= 0.6 is 11.6 Å². The fraction of sp³-hybridized carbons (Fsp3) is 0.462. The molecule has 0 atom stereocenters. The van der Waals surface area contributed by atoms with Crippen molar-refractivity contribution in [3.63, 3.8) is 0 Å². The van der Waals surface area contributed by atoms with Gasteiger partial charge in [-0.25, -0.2) is 0 Å². The summed E-state index contributed by atoms with van der Waals surface area (Å²) in [7, 11) is 0. The van der Waals surface area contributed by atoms with E-state index >= 15 is 0 Å². The Morgan fingerprint density at radius 1 is 1.41 bits per heavy atom. The molecule has 1 N–H and O–H groups in total. The van der Waals surface area contributed by atoms with Crippen LogP contribution in [0.5, 0.6) is 5.75 Å². The van der Waals surface area contributed by atoms with Crippen LogP contribution in [0.3, 0.4) is 0 Å². The smallest absolute Gasteiger partial charge is 0.138 e. The van der Waals surface area contributed by atoms with Gasteiger partial charge >= 0.3 is 0 Å². The Balaban J connectivity index is 2.13. The normalized spacial score (nSPS) is 17.4. The minimum atomic E-state index is 0.297. The molecule has 0 aliphatic heterocycles. The van der Waals surface area contributed by atoms with Crippen LogP contribution in [0.2, 0.25) is 5.02 Å². The molecule has 0 radical (unpaired) electrons. The second kappa shape index (κ2) is 5.41. The van der Waals surface area contributed by atoms with E-state index in [0.29, 0.717) is 22.6 Å². The maximum atomic E-state index is 8.69. The minimum absolute atomic E-state index is 0.297. The molecule has 1 aliphatic carbocycles. The molecule has 0 unspecified atom stereocenters. The lowest BCUT2D eigenvalue weighted by Gasteiger charge is -2.14. The standard InChI is InChI=1S/C13H16ClNO2/c1-9(15-16)10-6-7-13(12(14)8-10)17-11-4-2-3-5-11/h6-8,11,16H,2-5H2,1H3/b15-9+. The van der Waals surface area contributed by atoms with E-state index in [0.717, 1.165) is 18.4 Å². The molecule has 1 aliphatic rings. The van der Waals surface area contributed by atoms with E-state index in [-0.39, 0.29) is 0 Å². The molecule has 0 aromatic heterocycles. The van der Waals surface area contributed by atoms with Gasteiger partial charge in [-0.15, -0.1) is 0 Å². The van der Waals surface area contributed by atoms with Gasteiger partial charge in [-0.05, 0) is 50.8 Å². The van der Waals surface area contributed by atoms with Crippen LogP contribution < -0.4 is 4.74 Å². The van der Waals surface area contributed by atoms with E-state index in [1.165, 1.54) is 12.8 Å². The molecule has 0 spiro atoms. The van der Waals surface area contributed by atoms with Gasteiger partial charge < -0.3 is 9.94 Å². The van der Waals surface area contributed by atoms with Crippen molar-refractivity contribution in [3.8, 4) is 5.75 Å². The second-order valence-corrected chi connectivity index (χ2v) is 4.76. The Labute approximate surface area is 106 Å². The molecule has 92 valence electrons. The van der Waals surface area contributed by atoms with Crippen molar-refractivity contribution in [1.82, 2.24) is 0 Å². The largest absolute Gasteiger partial charge is 0.489 e. The summed E-state index contributed by atoms with van der Waals surface area (Å²) in [6.07, 6.45) is 4.98. The highest BCUT2D eigenvalue weighted by Crippen LogP contribution is 2.30. The Hall–Kier alpha value is -1.22. The number of hydrogen-bond donors (Lipinski definition) is 1. The highest BCUT2D eigenvalue weighted by atomic mass is 35.5. The fourth-order valence-electron chi connectivity index (χ4n) is 2.06. The molecule has 1 fully saturated rings. The zero-order valence-electron chi connectivity index (χ0n) is 9.82. The maximum Gasteiger partial charge on any atom is 0.138 e. The van der Waals surface area contributed by atoms with Crippen LogP contribution in [-0.2, 0) is 0 Å². The summed E-state index contributed by atoms with van der Waals surface area (Å²) < 4.78 is 5.84. The van der Waals surface area contributed by atoms with Gasteiger partial charge in [0.15, 0.2) is 0 Å². The first-order chi connectivity index (χ1) is 8.20.